The molecule has 1 amide bonds. The van der Waals surface area contributed by atoms with E-state index in [1.165, 1.54) is 12.5 Å². The molecule has 1 aliphatic rings. The second kappa shape index (κ2) is 5.79. The van der Waals surface area contributed by atoms with Gasteiger partial charge in [-0.15, -0.1) is 0 Å². The average Bonchev–Trinajstić information content (AvgIpc) is 3.24. The van der Waals surface area contributed by atoms with Gasteiger partial charge < -0.3 is 19.1 Å². The lowest BCUT2D eigenvalue weighted by Crippen LogP contribution is -2.42. The van der Waals surface area contributed by atoms with E-state index in [0.29, 0.717) is 24.7 Å². The van der Waals surface area contributed by atoms with E-state index < -0.39 is 0 Å². The number of aromatic nitrogens is 1. The highest BCUT2D eigenvalue weighted by molar-refractivity contribution is 5.93. The number of rotatable bonds is 3. The summed E-state index contributed by atoms with van der Waals surface area (Å²) in [5.74, 6) is 0.0269. The van der Waals surface area contributed by atoms with Crippen molar-refractivity contribution in [3.63, 3.8) is 0 Å². The van der Waals surface area contributed by atoms with Crippen LogP contribution in [0.1, 0.15) is 23.2 Å². The van der Waals surface area contributed by atoms with Crippen molar-refractivity contribution < 1.29 is 13.6 Å². The first kappa shape index (κ1) is 13.9. The highest BCUT2D eigenvalue weighted by Gasteiger charge is 2.25. The summed E-state index contributed by atoms with van der Waals surface area (Å²) in [5, 5.41) is 3.33. The number of hydrogen-bond acceptors (Lipinski definition) is 5. The molecule has 3 aromatic rings. The Kier molecular flexibility index (Phi) is 3.49. The predicted octanol–water partition coefficient (Wildman–Crippen LogP) is 3.14. The SMILES string of the molecule is O=C(c1ccoc1)N1CCC(Nc2nc3ccccc3o2)CC1. The van der Waals surface area contributed by atoms with Gasteiger partial charge in [-0.2, -0.15) is 4.98 Å². The number of oxazole rings is 1. The van der Waals surface area contributed by atoms with Gasteiger partial charge in [0.1, 0.15) is 11.8 Å². The minimum absolute atomic E-state index is 0.0269. The molecule has 0 radical (unpaired) electrons. The predicted molar refractivity (Wildman–Crippen MR) is 85.3 cm³/mol. The lowest BCUT2D eigenvalue weighted by Gasteiger charge is -2.31. The molecule has 6 nitrogen and oxygen atoms in total. The Morgan fingerprint density at radius 2 is 2.04 bits per heavy atom. The van der Waals surface area contributed by atoms with Crippen LogP contribution in [-0.2, 0) is 0 Å². The largest absolute Gasteiger partial charge is 0.472 e. The van der Waals surface area contributed by atoms with E-state index >= 15 is 0 Å². The molecular formula is C17H17N3O3. The number of nitrogens with zero attached hydrogens (tertiary/aromatic N) is 2. The molecule has 23 heavy (non-hydrogen) atoms. The summed E-state index contributed by atoms with van der Waals surface area (Å²) >= 11 is 0. The Labute approximate surface area is 133 Å². The summed E-state index contributed by atoms with van der Waals surface area (Å²) in [6, 6.07) is 10.2. The van der Waals surface area contributed by atoms with Crippen LogP contribution in [0, 0.1) is 0 Å². The van der Waals surface area contributed by atoms with E-state index in [-0.39, 0.29) is 11.9 Å². The topological polar surface area (TPSA) is 71.5 Å². The number of benzene rings is 1. The molecule has 0 saturated carbocycles. The molecule has 0 bridgehead atoms. The quantitative estimate of drug-likeness (QED) is 0.804. The number of nitrogens with one attached hydrogen (secondary N) is 1. The molecule has 3 heterocycles. The van der Waals surface area contributed by atoms with Gasteiger partial charge in [-0.3, -0.25) is 4.79 Å². The third kappa shape index (κ3) is 2.79. The zero-order valence-corrected chi connectivity index (χ0v) is 12.6. The molecule has 0 unspecified atom stereocenters. The first-order valence-electron chi connectivity index (χ1n) is 7.73. The Bertz CT molecular complexity index is 768. The second-order valence-electron chi connectivity index (χ2n) is 5.71. The summed E-state index contributed by atoms with van der Waals surface area (Å²) in [6.07, 6.45) is 4.74. The van der Waals surface area contributed by atoms with Gasteiger partial charge in [0, 0.05) is 19.1 Å². The summed E-state index contributed by atoms with van der Waals surface area (Å²) in [7, 11) is 0. The van der Waals surface area contributed by atoms with Crippen molar-refractivity contribution in [3.05, 3.63) is 48.4 Å². The number of hydrogen-bond donors (Lipinski definition) is 1. The van der Waals surface area contributed by atoms with Crippen LogP contribution < -0.4 is 5.32 Å². The van der Waals surface area contributed by atoms with Gasteiger partial charge in [0.15, 0.2) is 5.58 Å². The minimum atomic E-state index is 0.0269. The fraction of sp³-hybridized carbons (Fsp3) is 0.294. The van der Waals surface area contributed by atoms with E-state index in [2.05, 4.69) is 10.3 Å². The maximum atomic E-state index is 12.3. The van der Waals surface area contributed by atoms with Crippen molar-refractivity contribution in [2.24, 2.45) is 0 Å². The minimum Gasteiger partial charge on any atom is -0.472 e. The molecule has 1 fully saturated rings. The highest BCUT2D eigenvalue weighted by atomic mass is 16.4. The van der Waals surface area contributed by atoms with Crippen molar-refractivity contribution in [2.75, 3.05) is 18.4 Å². The zero-order valence-electron chi connectivity index (χ0n) is 12.6. The molecule has 6 heteroatoms. The number of furan rings is 1. The zero-order chi connectivity index (χ0) is 15.6. The van der Waals surface area contributed by atoms with E-state index in [4.69, 9.17) is 8.83 Å². The van der Waals surface area contributed by atoms with Crippen LogP contribution in [0.4, 0.5) is 6.01 Å². The van der Waals surface area contributed by atoms with Crippen molar-refractivity contribution in [2.45, 2.75) is 18.9 Å². The van der Waals surface area contributed by atoms with Crippen molar-refractivity contribution in [3.8, 4) is 0 Å². The molecule has 2 aromatic heterocycles. The number of fused-ring (bicyclic) bond motifs is 1. The number of piperidine rings is 1. The van der Waals surface area contributed by atoms with Crippen LogP contribution in [0.25, 0.3) is 11.1 Å². The van der Waals surface area contributed by atoms with Crippen molar-refractivity contribution >= 4 is 23.0 Å². The molecule has 4 rings (SSSR count). The number of carbonyl (C=O) groups excluding carboxylic acids is 1. The first-order valence-corrected chi connectivity index (χ1v) is 7.73. The van der Waals surface area contributed by atoms with Crippen LogP contribution >= 0.6 is 0 Å². The van der Waals surface area contributed by atoms with Crippen LogP contribution in [0.15, 0.2) is 51.7 Å². The first-order chi connectivity index (χ1) is 11.3. The molecule has 0 atom stereocenters. The summed E-state index contributed by atoms with van der Waals surface area (Å²) in [4.78, 5) is 18.5. The summed E-state index contributed by atoms with van der Waals surface area (Å²) < 4.78 is 10.7. The van der Waals surface area contributed by atoms with E-state index in [1.807, 2.05) is 29.2 Å². The molecule has 1 aliphatic heterocycles. The van der Waals surface area contributed by atoms with Crippen LogP contribution in [-0.4, -0.2) is 34.9 Å². The number of anilines is 1. The van der Waals surface area contributed by atoms with Crippen molar-refractivity contribution in [1.82, 2.24) is 9.88 Å². The molecule has 118 valence electrons. The Balaban J connectivity index is 1.37. The number of para-hydroxylation sites is 2. The van der Waals surface area contributed by atoms with E-state index in [1.54, 1.807) is 6.07 Å². The van der Waals surface area contributed by atoms with Crippen LogP contribution in [0.3, 0.4) is 0 Å². The summed E-state index contributed by atoms with van der Waals surface area (Å²) in [6.45, 7) is 1.42. The van der Waals surface area contributed by atoms with Gasteiger partial charge in [-0.05, 0) is 31.0 Å². The monoisotopic (exact) mass is 311 g/mol. The third-order valence-corrected chi connectivity index (χ3v) is 4.17. The molecule has 1 aromatic carbocycles. The Morgan fingerprint density at radius 3 is 2.78 bits per heavy atom. The van der Waals surface area contributed by atoms with Gasteiger partial charge in [0.05, 0.1) is 11.8 Å². The fourth-order valence-corrected chi connectivity index (χ4v) is 2.90. The van der Waals surface area contributed by atoms with Gasteiger partial charge in [-0.25, -0.2) is 0 Å². The molecule has 1 saturated heterocycles. The Hall–Kier alpha value is -2.76. The van der Waals surface area contributed by atoms with E-state index in [9.17, 15) is 4.79 Å². The standard InChI is InChI=1S/C17H17N3O3/c21-16(12-7-10-22-11-12)20-8-5-13(6-9-20)18-17-19-14-3-1-2-4-15(14)23-17/h1-4,7,10-11,13H,5-6,8-9H2,(H,18,19). The maximum Gasteiger partial charge on any atom is 0.295 e. The second-order valence-corrected chi connectivity index (χ2v) is 5.71. The number of amides is 1. The lowest BCUT2D eigenvalue weighted by atomic mass is 10.0. The highest BCUT2D eigenvalue weighted by Crippen LogP contribution is 2.22. The van der Waals surface area contributed by atoms with Crippen LogP contribution in [0.2, 0.25) is 0 Å². The van der Waals surface area contributed by atoms with E-state index in [0.717, 1.165) is 23.9 Å². The maximum absolute atomic E-state index is 12.3. The van der Waals surface area contributed by atoms with Gasteiger partial charge in [-0.1, -0.05) is 12.1 Å². The molecule has 1 N–H and O–H groups in total. The van der Waals surface area contributed by atoms with Gasteiger partial charge in [0.25, 0.3) is 11.9 Å². The molecule has 0 spiro atoms. The fourth-order valence-electron chi connectivity index (χ4n) is 2.90. The Morgan fingerprint density at radius 1 is 1.22 bits per heavy atom. The van der Waals surface area contributed by atoms with Gasteiger partial charge >= 0.3 is 0 Å². The van der Waals surface area contributed by atoms with Gasteiger partial charge in [0.2, 0.25) is 0 Å². The lowest BCUT2D eigenvalue weighted by molar-refractivity contribution is 0.0717. The number of carbonyl (C=O) groups is 1. The van der Waals surface area contributed by atoms with Crippen molar-refractivity contribution in [1.29, 1.82) is 0 Å². The smallest absolute Gasteiger partial charge is 0.295 e. The third-order valence-electron chi connectivity index (χ3n) is 4.17. The molecule has 0 aliphatic carbocycles. The molecular weight excluding hydrogens is 294 g/mol. The summed E-state index contributed by atoms with van der Waals surface area (Å²) in [5.41, 5.74) is 2.24. The normalized spacial score (nSPS) is 15.9. The number of likely N-dealkylation sites (tertiary alicyclic amines) is 1. The average molecular weight is 311 g/mol. The van der Waals surface area contributed by atoms with Crippen LogP contribution in [0.5, 0.6) is 0 Å².